The molecule has 0 saturated carbocycles. The number of para-hydroxylation sites is 1. The van der Waals surface area contributed by atoms with Gasteiger partial charge < -0.3 is 14.7 Å². The molecule has 1 aromatic heterocycles. The molecule has 8 nitrogen and oxygen atoms in total. The van der Waals surface area contributed by atoms with Crippen molar-refractivity contribution in [2.24, 2.45) is 0 Å². The molecule has 1 unspecified atom stereocenters. The molecular formula is C30H26ClFN4O4. The lowest BCUT2D eigenvalue weighted by molar-refractivity contribution is -0.149. The van der Waals surface area contributed by atoms with Crippen molar-refractivity contribution in [3.63, 3.8) is 0 Å². The molecule has 5 rings (SSSR count). The van der Waals surface area contributed by atoms with Gasteiger partial charge in [-0.15, -0.1) is 0 Å². The molecule has 0 fully saturated rings. The van der Waals surface area contributed by atoms with Gasteiger partial charge in [-0.05, 0) is 43.7 Å². The van der Waals surface area contributed by atoms with E-state index in [0.717, 1.165) is 0 Å². The van der Waals surface area contributed by atoms with Crippen LogP contribution in [0.5, 0.6) is 6.01 Å². The number of carbonyl (C=O) groups is 2. The first-order chi connectivity index (χ1) is 19.2. The summed E-state index contributed by atoms with van der Waals surface area (Å²) in [5.41, 5.74) is 1.16. The Morgan fingerprint density at radius 1 is 1.07 bits per heavy atom. The van der Waals surface area contributed by atoms with Gasteiger partial charge in [-0.3, -0.25) is 10.1 Å². The molecular weight excluding hydrogens is 535 g/mol. The van der Waals surface area contributed by atoms with Crippen LogP contribution in [-0.4, -0.2) is 39.6 Å². The largest absolute Gasteiger partial charge is 0.478 e. The second-order valence-corrected chi connectivity index (χ2v) is 9.90. The van der Waals surface area contributed by atoms with Gasteiger partial charge >= 0.3 is 12.0 Å². The van der Waals surface area contributed by atoms with Crippen LogP contribution in [0.1, 0.15) is 28.1 Å². The summed E-state index contributed by atoms with van der Waals surface area (Å²) in [6.45, 7) is 3.07. The zero-order valence-corrected chi connectivity index (χ0v) is 22.5. The van der Waals surface area contributed by atoms with Crippen LogP contribution in [0.4, 0.5) is 10.1 Å². The molecule has 10 heteroatoms. The Bertz CT molecular complexity index is 1540. The molecule has 0 spiro atoms. The molecule has 40 heavy (non-hydrogen) atoms. The fourth-order valence-corrected chi connectivity index (χ4v) is 5.34. The number of hydrogen-bond donors (Lipinski definition) is 2. The Morgan fingerprint density at radius 3 is 2.42 bits per heavy atom. The first-order valence-electron chi connectivity index (χ1n) is 12.6. The summed E-state index contributed by atoms with van der Waals surface area (Å²) in [6, 6.07) is 21.7. The summed E-state index contributed by atoms with van der Waals surface area (Å²) in [5.74, 6) is -2.26. The second-order valence-electron chi connectivity index (χ2n) is 9.49. The zero-order chi connectivity index (χ0) is 28.4. The number of benzene rings is 3. The van der Waals surface area contributed by atoms with E-state index >= 15 is 0 Å². The van der Waals surface area contributed by atoms with Gasteiger partial charge in [-0.2, -0.15) is 0 Å². The van der Waals surface area contributed by atoms with Crippen molar-refractivity contribution in [2.45, 2.75) is 32.0 Å². The van der Waals surface area contributed by atoms with Crippen molar-refractivity contribution < 1.29 is 23.8 Å². The Labute approximate surface area is 235 Å². The number of aromatic nitrogens is 2. The number of anilines is 1. The summed E-state index contributed by atoms with van der Waals surface area (Å²) in [4.78, 5) is 36.7. The minimum Gasteiger partial charge on any atom is -0.478 e. The third-order valence-electron chi connectivity index (χ3n) is 6.85. The predicted octanol–water partition coefficient (Wildman–Crippen LogP) is 4.80. The molecule has 1 aliphatic heterocycles. The topological polar surface area (TPSA) is 105 Å². The molecule has 4 aromatic rings. The molecule has 0 radical (unpaired) electrons. The van der Waals surface area contributed by atoms with Gasteiger partial charge in [0.25, 0.3) is 0 Å². The monoisotopic (exact) mass is 560 g/mol. The quantitative estimate of drug-likeness (QED) is 0.334. The van der Waals surface area contributed by atoms with Crippen molar-refractivity contribution in [1.82, 2.24) is 15.3 Å². The predicted molar refractivity (Wildman–Crippen MR) is 148 cm³/mol. The number of halogens is 2. The lowest BCUT2D eigenvalue weighted by Crippen LogP contribution is -2.58. The molecule has 2 atom stereocenters. The van der Waals surface area contributed by atoms with Crippen molar-refractivity contribution in [1.29, 1.82) is 0 Å². The van der Waals surface area contributed by atoms with E-state index in [1.54, 1.807) is 80.6 Å². The number of rotatable bonds is 7. The molecule has 1 aliphatic rings. The summed E-state index contributed by atoms with van der Waals surface area (Å²) in [6.07, 6.45) is -1.61. The molecule has 204 valence electrons. The van der Waals surface area contributed by atoms with E-state index in [2.05, 4.69) is 15.3 Å². The average Bonchev–Trinajstić information content (AvgIpc) is 3.04. The molecule has 1 amide bonds. The van der Waals surface area contributed by atoms with Gasteiger partial charge in [-0.25, -0.2) is 19.2 Å². The molecule has 3 aromatic carbocycles. The Balaban J connectivity index is 1.73. The zero-order valence-electron chi connectivity index (χ0n) is 21.8. The third kappa shape index (κ3) is 5.01. The third-order valence-corrected chi connectivity index (χ3v) is 7.20. The van der Waals surface area contributed by atoms with Gasteiger partial charge in [0.15, 0.2) is 0 Å². The SMILES string of the molecule is Cc1cc(C)nc(OC(C(=O)O)[C@@]2(c3ccccc3)NCC(=O)N(Cc3c(F)cccc3Cl)c3ccccc32)n1. The summed E-state index contributed by atoms with van der Waals surface area (Å²) < 4.78 is 20.9. The van der Waals surface area contributed by atoms with Crippen LogP contribution in [0.25, 0.3) is 0 Å². The maximum atomic E-state index is 14.8. The molecule has 0 aliphatic carbocycles. The summed E-state index contributed by atoms with van der Waals surface area (Å²) in [7, 11) is 0. The van der Waals surface area contributed by atoms with E-state index in [1.165, 1.54) is 17.0 Å². The number of nitrogens with zero attached hydrogens (tertiary/aromatic N) is 3. The normalized spacial score (nSPS) is 17.6. The standard InChI is InChI=1S/C30H26ClFN4O4/c1-18-15-19(2)35-29(34-18)40-27(28(38)39)30(20-9-4-3-5-10-20)22-11-6-7-14-25(22)36(26(37)16-33-30)17-21-23(31)12-8-13-24(21)32/h3-15,27,33H,16-17H2,1-2H3,(H,38,39)/t27?,30-/m0/s1. The fourth-order valence-electron chi connectivity index (χ4n) is 5.12. The lowest BCUT2D eigenvalue weighted by atomic mass is 9.77. The Morgan fingerprint density at radius 2 is 1.75 bits per heavy atom. The van der Waals surface area contributed by atoms with Crippen LogP contribution in [0.15, 0.2) is 78.9 Å². The van der Waals surface area contributed by atoms with Gasteiger partial charge in [-0.1, -0.05) is 66.2 Å². The van der Waals surface area contributed by atoms with Crippen molar-refractivity contribution in [2.75, 3.05) is 11.4 Å². The number of hydrogen-bond acceptors (Lipinski definition) is 6. The number of carboxylic acid groups (broad SMARTS) is 1. The number of nitrogens with one attached hydrogen (secondary N) is 1. The van der Waals surface area contributed by atoms with Crippen molar-refractivity contribution in [3.05, 3.63) is 118 Å². The van der Waals surface area contributed by atoms with Gasteiger partial charge in [0.2, 0.25) is 12.0 Å². The average molecular weight is 561 g/mol. The molecule has 2 N–H and O–H groups in total. The van der Waals surface area contributed by atoms with Crippen LogP contribution in [0.2, 0.25) is 5.02 Å². The molecule has 0 bridgehead atoms. The van der Waals surface area contributed by atoms with Gasteiger partial charge in [0, 0.05) is 33.2 Å². The summed E-state index contributed by atoms with van der Waals surface area (Å²) in [5, 5.41) is 14.0. The Hall–Kier alpha value is -4.34. The number of aryl methyl sites for hydroxylation is 2. The smallest absolute Gasteiger partial charge is 0.347 e. The minimum atomic E-state index is -1.61. The van der Waals surface area contributed by atoms with E-state index in [-0.39, 0.29) is 29.7 Å². The van der Waals surface area contributed by atoms with Crippen molar-refractivity contribution in [3.8, 4) is 6.01 Å². The second kappa shape index (κ2) is 11.0. The van der Waals surface area contributed by atoms with E-state index in [0.29, 0.717) is 28.2 Å². The molecule has 2 heterocycles. The van der Waals surface area contributed by atoms with Crippen LogP contribution in [-0.2, 0) is 21.7 Å². The highest BCUT2D eigenvalue weighted by molar-refractivity contribution is 6.31. The van der Waals surface area contributed by atoms with E-state index in [4.69, 9.17) is 16.3 Å². The van der Waals surface area contributed by atoms with E-state index in [9.17, 15) is 19.1 Å². The highest BCUT2D eigenvalue weighted by Crippen LogP contribution is 2.42. The summed E-state index contributed by atoms with van der Waals surface area (Å²) >= 11 is 6.32. The number of carbonyl (C=O) groups excluding carboxylic acids is 1. The van der Waals surface area contributed by atoms with Crippen LogP contribution in [0, 0.1) is 19.7 Å². The fraction of sp³-hybridized carbons (Fsp3) is 0.200. The van der Waals surface area contributed by atoms with Crippen molar-refractivity contribution >= 4 is 29.2 Å². The number of amides is 1. The number of fused-ring (bicyclic) bond motifs is 1. The first-order valence-corrected chi connectivity index (χ1v) is 12.9. The van der Waals surface area contributed by atoms with Gasteiger partial charge in [0.1, 0.15) is 11.4 Å². The van der Waals surface area contributed by atoms with Crippen LogP contribution in [0.3, 0.4) is 0 Å². The highest BCUT2D eigenvalue weighted by Gasteiger charge is 2.52. The van der Waals surface area contributed by atoms with E-state index in [1.807, 2.05) is 0 Å². The maximum Gasteiger partial charge on any atom is 0.347 e. The number of carboxylic acids is 1. The highest BCUT2D eigenvalue weighted by atomic mass is 35.5. The van der Waals surface area contributed by atoms with Crippen LogP contribution < -0.4 is 15.0 Å². The first kappa shape index (κ1) is 27.2. The van der Waals surface area contributed by atoms with E-state index < -0.39 is 29.3 Å². The Kier molecular flexibility index (Phi) is 7.51. The number of aliphatic carboxylic acids is 1. The van der Waals surface area contributed by atoms with Gasteiger partial charge in [0.05, 0.1) is 13.1 Å². The maximum absolute atomic E-state index is 14.8. The number of ether oxygens (including phenoxy) is 1. The minimum absolute atomic E-state index is 0.106. The lowest BCUT2D eigenvalue weighted by Gasteiger charge is -2.39. The molecule has 0 saturated heterocycles. The van der Waals surface area contributed by atoms with Crippen LogP contribution >= 0.6 is 11.6 Å².